The van der Waals surface area contributed by atoms with E-state index in [1.165, 1.54) is 4.52 Å². The van der Waals surface area contributed by atoms with Gasteiger partial charge in [-0.25, -0.2) is 9.50 Å². The molecule has 39 heavy (non-hydrogen) atoms. The summed E-state index contributed by atoms with van der Waals surface area (Å²) in [5, 5.41) is 16.5. The molecule has 1 amide bonds. The Labute approximate surface area is 230 Å². The molecular formula is C29H29ClN6O3. The van der Waals surface area contributed by atoms with E-state index in [0.717, 1.165) is 33.3 Å². The van der Waals surface area contributed by atoms with Crippen LogP contribution in [0.1, 0.15) is 61.0 Å². The highest BCUT2D eigenvalue weighted by Gasteiger charge is 2.28. The van der Waals surface area contributed by atoms with Gasteiger partial charge in [-0.05, 0) is 57.9 Å². The molecule has 0 saturated carbocycles. The predicted octanol–water partition coefficient (Wildman–Crippen LogP) is 5.61. The Morgan fingerprint density at radius 1 is 1.18 bits per heavy atom. The summed E-state index contributed by atoms with van der Waals surface area (Å²) in [6, 6.07) is 13.0. The molecule has 0 aliphatic heterocycles. The van der Waals surface area contributed by atoms with Crippen LogP contribution in [0, 0.1) is 6.92 Å². The number of hydrogen-bond acceptors (Lipinski definition) is 6. The van der Waals surface area contributed by atoms with Gasteiger partial charge >= 0.3 is 5.97 Å². The molecule has 5 rings (SSSR count). The quantitative estimate of drug-likeness (QED) is 0.269. The average molecular weight is 545 g/mol. The number of aryl methyl sites for hydroxylation is 1. The van der Waals surface area contributed by atoms with Crippen molar-refractivity contribution in [2.75, 3.05) is 0 Å². The van der Waals surface area contributed by atoms with Crippen molar-refractivity contribution in [2.24, 2.45) is 0 Å². The lowest BCUT2D eigenvalue weighted by Crippen LogP contribution is -2.29. The highest BCUT2D eigenvalue weighted by molar-refractivity contribution is 6.36. The van der Waals surface area contributed by atoms with Gasteiger partial charge in [0, 0.05) is 29.0 Å². The second-order valence-corrected chi connectivity index (χ2v) is 10.8. The molecule has 1 unspecified atom stereocenters. The molecule has 2 aromatic carbocycles. The SMILES string of the molecule is Cc1[nH]nc2c(-c3ccccc3)c(C(C)NC(=O)c3c(CC(=O)OC(C)(C)C)nn4cccnc34)cc(Cl)c12. The van der Waals surface area contributed by atoms with E-state index in [-0.39, 0.29) is 17.7 Å². The fraction of sp³-hybridized carbons (Fsp3) is 0.276. The number of hydrogen-bond donors (Lipinski definition) is 2. The van der Waals surface area contributed by atoms with E-state index in [9.17, 15) is 9.59 Å². The van der Waals surface area contributed by atoms with Crippen LogP contribution in [-0.2, 0) is 16.0 Å². The minimum atomic E-state index is -0.665. The van der Waals surface area contributed by atoms with Crippen LogP contribution < -0.4 is 5.32 Å². The van der Waals surface area contributed by atoms with Gasteiger partial charge in [-0.3, -0.25) is 14.7 Å². The molecule has 5 aromatic rings. The molecule has 0 aliphatic rings. The Balaban J connectivity index is 1.55. The van der Waals surface area contributed by atoms with Gasteiger partial charge in [0.1, 0.15) is 16.7 Å². The molecule has 0 aliphatic carbocycles. The van der Waals surface area contributed by atoms with E-state index in [2.05, 4.69) is 25.6 Å². The number of aromatic amines is 1. The maximum absolute atomic E-state index is 13.8. The van der Waals surface area contributed by atoms with Crippen molar-refractivity contribution in [1.82, 2.24) is 30.1 Å². The summed E-state index contributed by atoms with van der Waals surface area (Å²) in [5.41, 5.74) is 4.40. The number of benzene rings is 2. The number of esters is 1. The third-order valence-electron chi connectivity index (χ3n) is 6.30. The van der Waals surface area contributed by atoms with Crippen molar-refractivity contribution in [1.29, 1.82) is 0 Å². The number of halogens is 1. The molecule has 0 bridgehead atoms. The van der Waals surface area contributed by atoms with Crippen molar-refractivity contribution in [3.8, 4) is 11.1 Å². The Kier molecular flexibility index (Phi) is 6.86. The Hall–Kier alpha value is -4.24. The zero-order valence-corrected chi connectivity index (χ0v) is 23.1. The maximum atomic E-state index is 13.8. The fourth-order valence-electron chi connectivity index (χ4n) is 4.72. The molecule has 9 nitrogen and oxygen atoms in total. The Bertz CT molecular complexity index is 1700. The maximum Gasteiger partial charge on any atom is 0.312 e. The predicted molar refractivity (Wildman–Crippen MR) is 150 cm³/mol. The van der Waals surface area contributed by atoms with Gasteiger partial charge in [0.15, 0.2) is 5.65 Å². The molecule has 3 heterocycles. The van der Waals surface area contributed by atoms with Crippen LogP contribution >= 0.6 is 11.6 Å². The summed E-state index contributed by atoms with van der Waals surface area (Å²) in [6.07, 6.45) is 3.09. The Morgan fingerprint density at radius 2 is 1.92 bits per heavy atom. The van der Waals surface area contributed by atoms with Gasteiger partial charge in [-0.15, -0.1) is 0 Å². The van der Waals surface area contributed by atoms with E-state index < -0.39 is 23.5 Å². The number of rotatable bonds is 6. The molecule has 3 aromatic heterocycles. The number of fused-ring (bicyclic) bond motifs is 2. The van der Waals surface area contributed by atoms with E-state index in [1.54, 1.807) is 39.2 Å². The van der Waals surface area contributed by atoms with Crippen molar-refractivity contribution < 1.29 is 14.3 Å². The normalized spacial score (nSPS) is 12.6. The number of carbonyl (C=O) groups excluding carboxylic acids is 2. The number of aromatic nitrogens is 5. The highest BCUT2D eigenvalue weighted by Crippen LogP contribution is 2.39. The zero-order chi connectivity index (χ0) is 27.9. The minimum absolute atomic E-state index is 0.169. The third kappa shape index (κ3) is 5.22. The molecule has 0 fully saturated rings. The number of ether oxygens (including phenoxy) is 1. The summed E-state index contributed by atoms with van der Waals surface area (Å²) in [7, 11) is 0. The lowest BCUT2D eigenvalue weighted by Gasteiger charge is -2.20. The summed E-state index contributed by atoms with van der Waals surface area (Å²) < 4.78 is 6.97. The standard InChI is InChI=1S/C29H29ClN6O3/c1-16(19-14-20(30)23-17(2)33-34-26(23)24(19)18-10-7-6-8-11-18)32-28(38)25-21(15-22(37)39-29(3,4)5)35-36-13-9-12-31-27(25)36/h6-14,16H,15H2,1-5H3,(H,32,38)(H,33,34). The zero-order valence-electron chi connectivity index (χ0n) is 22.4. The van der Waals surface area contributed by atoms with Crippen LogP contribution in [-0.4, -0.2) is 42.3 Å². The molecule has 2 N–H and O–H groups in total. The molecule has 1 atom stereocenters. The number of H-pyrrole nitrogens is 1. The first-order valence-electron chi connectivity index (χ1n) is 12.6. The highest BCUT2D eigenvalue weighted by atomic mass is 35.5. The first-order valence-corrected chi connectivity index (χ1v) is 13.0. The summed E-state index contributed by atoms with van der Waals surface area (Å²) in [4.78, 5) is 30.8. The molecule has 0 saturated heterocycles. The largest absolute Gasteiger partial charge is 0.460 e. The summed E-state index contributed by atoms with van der Waals surface area (Å²) in [6.45, 7) is 9.18. The van der Waals surface area contributed by atoms with Crippen LogP contribution in [0.15, 0.2) is 54.9 Å². The second-order valence-electron chi connectivity index (χ2n) is 10.4. The van der Waals surface area contributed by atoms with E-state index in [0.29, 0.717) is 10.7 Å². The van der Waals surface area contributed by atoms with Crippen LogP contribution in [0.5, 0.6) is 0 Å². The van der Waals surface area contributed by atoms with E-state index in [1.807, 2.05) is 50.2 Å². The number of nitrogens with one attached hydrogen (secondary N) is 2. The van der Waals surface area contributed by atoms with Crippen molar-refractivity contribution >= 4 is 40.0 Å². The van der Waals surface area contributed by atoms with Crippen molar-refractivity contribution in [3.63, 3.8) is 0 Å². The van der Waals surface area contributed by atoms with E-state index >= 15 is 0 Å². The van der Waals surface area contributed by atoms with Gasteiger partial charge in [0.05, 0.1) is 23.2 Å². The van der Waals surface area contributed by atoms with Gasteiger partial charge in [0.25, 0.3) is 5.91 Å². The number of carbonyl (C=O) groups is 2. The lowest BCUT2D eigenvalue weighted by atomic mass is 9.92. The first kappa shape index (κ1) is 26.4. The van der Waals surface area contributed by atoms with Gasteiger partial charge in [-0.2, -0.15) is 10.2 Å². The molecule has 200 valence electrons. The van der Waals surface area contributed by atoms with Gasteiger partial charge in [0.2, 0.25) is 0 Å². The third-order valence-corrected chi connectivity index (χ3v) is 6.60. The number of nitrogens with zero attached hydrogens (tertiary/aromatic N) is 4. The van der Waals surface area contributed by atoms with Crippen LogP contribution in [0.25, 0.3) is 27.7 Å². The monoisotopic (exact) mass is 544 g/mol. The smallest absolute Gasteiger partial charge is 0.312 e. The summed E-state index contributed by atoms with van der Waals surface area (Å²) in [5.74, 6) is -0.895. The van der Waals surface area contributed by atoms with Crippen LogP contribution in [0.4, 0.5) is 0 Å². The van der Waals surface area contributed by atoms with Crippen molar-refractivity contribution in [3.05, 3.63) is 82.4 Å². The van der Waals surface area contributed by atoms with Crippen molar-refractivity contribution in [2.45, 2.75) is 52.7 Å². The first-order chi connectivity index (χ1) is 18.5. The second kappa shape index (κ2) is 10.1. The molecule has 0 spiro atoms. The van der Waals surface area contributed by atoms with Gasteiger partial charge < -0.3 is 10.1 Å². The molecule has 0 radical (unpaired) electrons. The topological polar surface area (TPSA) is 114 Å². The van der Waals surface area contributed by atoms with E-state index in [4.69, 9.17) is 16.3 Å². The van der Waals surface area contributed by atoms with Crippen LogP contribution in [0.2, 0.25) is 5.02 Å². The summed E-state index contributed by atoms with van der Waals surface area (Å²) >= 11 is 6.71. The fourth-order valence-corrected chi connectivity index (χ4v) is 5.07. The minimum Gasteiger partial charge on any atom is -0.460 e. The van der Waals surface area contributed by atoms with Crippen LogP contribution in [0.3, 0.4) is 0 Å². The number of amides is 1. The molecular weight excluding hydrogens is 516 g/mol. The Morgan fingerprint density at radius 3 is 2.64 bits per heavy atom. The average Bonchev–Trinajstić information content (AvgIpc) is 3.43. The lowest BCUT2D eigenvalue weighted by molar-refractivity contribution is -0.154. The van der Waals surface area contributed by atoms with Gasteiger partial charge in [-0.1, -0.05) is 41.9 Å². The molecule has 10 heteroatoms.